The Hall–Kier alpha value is -1.09. The van der Waals surface area contributed by atoms with Gasteiger partial charge in [-0.1, -0.05) is 19.4 Å². The van der Waals surface area contributed by atoms with Crippen molar-refractivity contribution in [3.8, 4) is 5.88 Å². The van der Waals surface area contributed by atoms with E-state index in [1.165, 1.54) is 0 Å². The highest BCUT2D eigenvalue weighted by Gasteiger charge is 2.20. The Kier molecular flexibility index (Phi) is 11.6. The highest BCUT2D eigenvalue weighted by molar-refractivity contribution is 14.0. The molecule has 1 saturated carbocycles. The van der Waals surface area contributed by atoms with Gasteiger partial charge in [0.2, 0.25) is 5.88 Å². The monoisotopic (exact) mass is 476 g/mol. The lowest BCUT2D eigenvalue weighted by Crippen LogP contribution is -2.45. The van der Waals surface area contributed by atoms with Crippen LogP contribution in [-0.4, -0.2) is 41.3 Å². The van der Waals surface area contributed by atoms with Gasteiger partial charge in [0.25, 0.3) is 0 Å². The van der Waals surface area contributed by atoms with Crippen LogP contribution in [0.25, 0.3) is 0 Å². The molecule has 148 valence electrons. The van der Waals surface area contributed by atoms with Gasteiger partial charge in [-0.15, -0.1) is 24.0 Å². The lowest BCUT2D eigenvalue weighted by atomic mass is 9.93. The van der Waals surface area contributed by atoms with Gasteiger partial charge < -0.3 is 20.5 Å². The SMILES string of the molecule is CCCCOc1ncccc1CN=C(NCC)NC1CCC(O)CC1.I. The van der Waals surface area contributed by atoms with Crippen molar-refractivity contribution in [2.24, 2.45) is 4.99 Å². The average molecular weight is 476 g/mol. The molecule has 0 aliphatic heterocycles. The molecule has 1 heterocycles. The van der Waals surface area contributed by atoms with E-state index in [0.29, 0.717) is 25.1 Å². The Morgan fingerprint density at radius 2 is 2.08 bits per heavy atom. The third-order valence-electron chi connectivity index (χ3n) is 4.38. The number of unbranched alkanes of at least 4 members (excludes halogenated alkanes) is 1. The van der Waals surface area contributed by atoms with Crippen molar-refractivity contribution in [1.29, 1.82) is 0 Å². The molecule has 0 unspecified atom stereocenters. The van der Waals surface area contributed by atoms with Gasteiger partial charge in [-0.25, -0.2) is 9.98 Å². The van der Waals surface area contributed by atoms with Crippen LogP contribution in [0.2, 0.25) is 0 Å². The Bertz CT molecular complexity index is 534. The van der Waals surface area contributed by atoms with Crippen molar-refractivity contribution < 1.29 is 9.84 Å². The molecule has 0 aromatic carbocycles. The molecule has 0 atom stereocenters. The van der Waals surface area contributed by atoms with Gasteiger partial charge in [0.15, 0.2) is 5.96 Å². The highest BCUT2D eigenvalue weighted by Crippen LogP contribution is 2.19. The first kappa shape index (κ1) is 23.0. The molecular weight excluding hydrogens is 443 g/mol. The fourth-order valence-corrected chi connectivity index (χ4v) is 2.89. The maximum atomic E-state index is 9.64. The Labute approximate surface area is 174 Å². The van der Waals surface area contributed by atoms with Crippen molar-refractivity contribution >= 4 is 29.9 Å². The van der Waals surface area contributed by atoms with Gasteiger partial charge in [-0.3, -0.25) is 0 Å². The Morgan fingerprint density at radius 3 is 2.77 bits per heavy atom. The van der Waals surface area contributed by atoms with Crippen LogP contribution < -0.4 is 15.4 Å². The topological polar surface area (TPSA) is 78.8 Å². The van der Waals surface area contributed by atoms with Gasteiger partial charge in [0.05, 0.1) is 19.3 Å². The number of hydrogen-bond donors (Lipinski definition) is 3. The number of ether oxygens (including phenoxy) is 1. The summed E-state index contributed by atoms with van der Waals surface area (Å²) in [6.07, 6.45) is 7.40. The third-order valence-corrected chi connectivity index (χ3v) is 4.38. The summed E-state index contributed by atoms with van der Waals surface area (Å²) in [7, 11) is 0. The minimum atomic E-state index is -0.143. The second-order valence-electron chi connectivity index (χ2n) is 6.51. The number of nitrogens with one attached hydrogen (secondary N) is 2. The second-order valence-corrected chi connectivity index (χ2v) is 6.51. The van der Waals surface area contributed by atoms with Crippen molar-refractivity contribution in [2.45, 2.75) is 71.1 Å². The fourth-order valence-electron chi connectivity index (χ4n) is 2.89. The van der Waals surface area contributed by atoms with E-state index >= 15 is 0 Å². The van der Waals surface area contributed by atoms with E-state index in [-0.39, 0.29) is 30.1 Å². The molecule has 1 aromatic rings. The molecule has 0 bridgehead atoms. The summed E-state index contributed by atoms with van der Waals surface area (Å²) in [5, 5.41) is 16.4. The maximum Gasteiger partial charge on any atom is 0.218 e. The number of aromatic nitrogens is 1. The first-order valence-electron chi connectivity index (χ1n) is 9.52. The van der Waals surface area contributed by atoms with Gasteiger partial charge >= 0.3 is 0 Å². The normalized spacial score (nSPS) is 20.2. The molecule has 0 spiro atoms. The lowest BCUT2D eigenvalue weighted by Gasteiger charge is -2.27. The standard InChI is InChI=1S/C19H32N4O2.HI/c1-3-5-13-25-18-15(7-6-12-21-18)14-22-19(20-4-2)23-16-8-10-17(24)11-9-16;/h6-7,12,16-17,24H,3-5,8-11,13-14H2,1-2H3,(H2,20,22,23);1H. The van der Waals surface area contributed by atoms with Crippen molar-refractivity contribution in [1.82, 2.24) is 15.6 Å². The molecule has 1 aliphatic carbocycles. The van der Waals surface area contributed by atoms with E-state index in [4.69, 9.17) is 9.73 Å². The van der Waals surface area contributed by atoms with E-state index in [1.54, 1.807) is 6.20 Å². The summed E-state index contributed by atoms with van der Waals surface area (Å²) < 4.78 is 5.78. The van der Waals surface area contributed by atoms with Crippen LogP contribution in [0.1, 0.15) is 57.9 Å². The van der Waals surface area contributed by atoms with Crippen LogP contribution in [0, 0.1) is 0 Å². The van der Waals surface area contributed by atoms with Crippen molar-refractivity contribution in [3.05, 3.63) is 23.9 Å². The van der Waals surface area contributed by atoms with Gasteiger partial charge in [-0.2, -0.15) is 0 Å². The van der Waals surface area contributed by atoms with Crippen molar-refractivity contribution in [2.75, 3.05) is 13.2 Å². The first-order chi connectivity index (χ1) is 12.2. The van der Waals surface area contributed by atoms with Crippen LogP contribution in [0.4, 0.5) is 0 Å². The van der Waals surface area contributed by atoms with Crippen molar-refractivity contribution in [3.63, 3.8) is 0 Å². The smallest absolute Gasteiger partial charge is 0.218 e. The quantitative estimate of drug-likeness (QED) is 0.233. The van der Waals surface area contributed by atoms with Crippen LogP contribution in [-0.2, 0) is 6.54 Å². The zero-order valence-electron chi connectivity index (χ0n) is 15.9. The summed E-state index contributed by atoms with van der Waals surface area (Å²) in [4.78, 5) is 9.04. The zero-order chi connectivity index (χ0) is 17.9. The number of rotatable bonds is 8. The third kappa shape index (κ3) is 8.07. The molecular formula is C19H33IN4O2. The van der Waals surface area contributed by atoms with E-state index in [0.717, 1.165) is 56.6 Å². The molecule has 0 saturated heterocycles. The zero-order valence-corrected chi connectivity index (χ0v) is 18.2. The number of aliphatic hydroxyl groups excluding tert-OH is 1. The average Bonchev–Trinajstić information content (AvgIpc) is 2.63. The maximum absolute atomic E-state index is 9.64. The fraction of sp³-hybridized carbons (Fsp3) is 0.684. The van der Waals surface area contributed by atoms with E-state index < -0.39 is 0 Å². The van der Waals surface area contributed by atoms with Crippen LogP contribution in [0.5, 0.6) is 5.88 Å². The lowest BCUT2D eigenvalue weighted by molar-refractivity contribution is 0.120. The predicted octanol–water partition coefficient (Wildman–Crippen LogP) is 3.24. The van der Waals surface area contributed by atoms with Crippen LogP contribution >= 0.6 is 24.0 Å². The summed E-state index contributed by atoms with van der Waals surface area (Å²) in [6, 6.07) is 4.30. The highest BCUT2D eigenvalue weighted by atomic mass is 127. The summed E-state index contributed by atoms with van der Waals surface area (Å²) in [6.45, 7) is 6.23. The molecule has 0 amide bonds. The minimum Gasteiger partial charge on any atom is -0.477 e. The molecule has 26 heavy (non-hydrogen) atoms. The molecule has 7 heteroatoms. The Morgan fingerprint density at radius 1 is 1.31 bits per heavy atom. The Balaban J connectivity index is 0.00000338. The van der Waals surface area contributed by atoms with E-state index in [9.17, 15) is 5.11 Å². The number of guanidine groups is 1. The molecule has 6 nitrogen and oxygen atoms in total. The number of hydrogen-bond acceptors (Lipinski definition) is 4. The van der Waals surface area contributed by atoms with E-state index in [2.05, 4.69) is 29.5 Å². The summed E-state index contributed by atoms with van der Waals surface area (Å²) >= 11 is 0. The number of nitrogens with zero attached hydrogens (tertiary/aromatic N) is 2. The molecule has 1 fully saturated rings. The molecule has 1 aromatic heterocycles. The minimum absolute atomic E-state index is 0. The summed E-state index contributed by atoms with van der Waals surface area (Å²) in [5.41, 5.74) is 0.995. The number of aliphatic imine (C=N–C) groups is 1. The number of aliphatic hydroxyl groups is 1. The predicted molar refractivity (Wildman–Crippen MR) is 116 cm³/mol. The number of pyridine rings is 1. The number of halogens is 1. The molecule has 2 rings (SSSR count). The molecule has 1 aliphatic rings. The van der Waals surface area contributed by atoms with Crippen LogP contribution in [0.3, 0.4) is 0 Å². The first-order valence-corrected chi connectivity index (χ1v) is 9.52. The van der Waals surface area contributed by atoms with Gasteiger partial charge in [0, 0.05) is 24.3 Å². The van der Waals surface area contributed by atoms with E-state index in [1.807, 2.05) is 12.1 Å². The van der Waals surface area contributed by atoms with Gasteiger partial charge in [-0.05, 0) is 45.1 Å². The van der Waals surface area contributed by atoms with Gasteiger partial charge in [0.1, 0.15) is 0 Å². The largest absolute Gasteiger partial charge is 0.477 e. The summed E-state index contributed by atoms with van der Waals surface area (Å²) in [5.74, 6) is 1.49. The second kappa shape index (κ2) is 13.1. The van der Waals surface area contributed by atoms with Crippen LogP contribution in [0.15, 0.2) is 23.3 Å². The molecule has 3 N–H and O–H groups in total. The molecule has 0 radical (unpaired) electrons.